The first-order valence-electron chi connectivity index (χ1n) is 7.76. The van der Waals surface area contributed by atoms with E-state index < -0.39 is 18.0 Å². The summed E-state index contributed by atoms with van der Waals surface area (Å²) in [5, 5.41) is 6.26. The van der Waals surface area contributed by atoms with Gasteiger partial charge in [0.05, 0.1) is 5.69 Å². The standard InChI is InChI=1S/C17H22N4O3S/c1-10-14(16(18-3)25-20-10)17(23)24-11(2)15(22)19-12-6-8-13(9-7-12)21(4)5/h6-9,11,18H,1-5H3,(H,19,22). The van der Waals surface area contributed by atoms with Gasteiger partial charge in [0, 0.05) is 32.5 Å². The van der Waals surface area contributed by atoms with Crippen LogP contribution in [0.1, 0.15) is 23.0 Å². The molecule has 8 heteroatoms. The average molecular weight is 362 g/mol. The third-order valence-corrected chi connectivity index (χ3v) is 4.55. The Kier molecular flexibility index (Phi) is 5.97. The molecule has 0 aliphatic rings. The second kappa shape index (κ2) is 7.98. The zero-order valence-corrected chi connectivity index (χ0v) is 15.7. The molecule has 0 radical (unpaired) electrons. The van der Waals surface area contributed by atoms with E-state index in [0.29, 0.717) is 21.9 Å². The molecule has 1 aromatic heterocycles. The van der Waals surface area contributed by atoms with Crippen molar-refractivity contribution < 1.29 is 14.3 Å². The second-order valence-corrected chi connectivity index (χ2v) is 6.47. The van der Waals surface area contributed by atoms with Gasteiger partial charge in [0.1, 0.15) is 10.6 Å². The lowest BCUT2D eigenvalue weighted by Gasteiger charge is -2.15. The Morgan fingerprint density at radius 1 is 1.24 bits per heavy atom. The highest BCUT2D eigenvalue weighted by Gasteiger charge is 2.24. The van der Waals surface area contributed by atoms with E-state index in [1.165, 1.54) is 18.5 Å². The van der Waals surface area contributed by atoms with Gasteiger partial charge in [0.25, 0.3) is 5.91 Å². The number of ether oxygens (including phenoxy) is 1. The first-order chi connectivity index (χ1) is 11.8. The smallest absolute Gasteiger partial charge is 0.343 e. The molecule has 25 heavy (non-hydrogen) atoms. The fourth-order valence-electron chi connectivity index (χ4n) is 2.14. The largest absolute Gasteiger partial charge is 0.449 e. The first-order valence-corrected chi connectivity index (χ1v) is 8.54. The van der Waals surface area contributed by atoms with Crippen LogP contribution in [0, 0.1) is 6.92 Å². The molecular formula is C17H22N4O3S. The van der Waals surface area contributed by atoms with Crippen LogP contribution in [0.5, 0.6) is 0 Å². The van der Waals surface area contributed by atoms with E-state index in [9.17, 15) is 9.59 Å². The number of aromatic nitrogens is 1. The summed E-state index contributed by atoms with van der Waals surface area (Å²) >= 11 is 1.18. The van der Waals surface area contributed by atoms with Crippen molar-refractivity contribution in [1.82, 2.24) is 4.37 Å². The predicted molar refractivity (Wildman–Crippen MR) is 101 cm³/mol. The molecule has 0 fully saturated rings. The number of amides is 1. The number of hydrogen-bond acceptors (Lipinski definition) is 7. The van der Waals surface area contributed by atoms with Crippen LogP contribution in [0.15, 0.2) is 24.3 Å². The molecule has 7 nitrogen and oxygen atoms in total. The van der Waals surface area contributed by atoms with E-state index in [4.69, 9.17) is 4.74 Å². The van der Waals surface area contributed by atoms with E-state index in [0.717, 1.165) is 5.69 Å². The van der Waals surface area contributed by atoms with Gasteiger partial charge in [0.15, 0.2) is 6.10 Å². The molecular weight excluding hydrogens is 340 g/mol. The average Bonchev–Trinajstić information content (AvgIpc) is 2.96. The Morgan fingerprint density at radius 3 is 2.44 bits per heavy atom. The SMILES string of the molecule is CNc1snc(C)c1C(=O)OC(C)C(=O)Nc1ccc(N(C)C)cc1. The molecule has 0 saturated heterocycles. The van der Waals surface area contributed by atoms with Gasteiger partial charge in [-0.25, -0.2) is 4.79 Å². The highest BCUT2D eigenvalue weighted by molar-refractivity contribution is 7.10. The predicted octanol–water partition coefficient (Wildman–Crippen LogP) is 2.74. The van der Waals surface area contributed by atoms with E-state index >= 15 is 0 Å². The van der Waals surface area contributed by atoms with Crippen molar-refractivity contribution in [2.45, 2.75) is 20.0 Å². The number of rotatable bonds is 6. The zero-order valence-electron chi connectivity index (χ0n) is 14.9. The van der Waals surface area contributed by atoms with Crippen LogP contribution < -0.4 is 15.5 Å². The second-order valence-electron chi connectivity index (χ2n) is 5.70. The lowest BCUT2D eigenvalue weighted by Crippen LogP contribution is -2.30. The normalized spacial score (nSPS) is 11.6. The number of nitrogens with zero attached hydrogens (tertiary/aromatic N) is 2. The lowest BCUT2D eigenvalue weighted by molar-refractivity contribution is -0.123. The number of aryl methyl sites for hydroxylation is 1. The summed E-state index contributed by atoms with van der Waals surface area (Å²) in [5.74, 6) is -0.959. The Labute approximate surface area is 151 Å². The van der Waals surface area contributed by atoms with Crippen LogP contribution >= 0.6 is 11.5 Å². The molecule has 1 heterocycles. The van der Waals surface area contributed by atoms with Crippen molar-refractivity contribution >= 4 is 39.8 Å². The van der Waals surface area contributed by atoms with Crippen molar-refractivity contribution in [2.24, 2.45) is 0 Å². The number of hydrogen-bond donors (Lipinski definition) is 2. The summed E-state index contributed by atoms with van der Waals surface area (Å²) in [7, 11) is 5.59. The van der Waals surface area contributed by atoms with Gasteiger partial charge in [-0.05, 0) is 49.6 Å². The highest BCUT2D eigenvalue weighted by atomic mass is 32.1. The van der Waals surface area contributed by atoms with Crippen molar-refractivity contribution in [3.8, 4) is 0 Å². The Balaban J connectivity index is 2.00. The topological polar surface area (TPSA) is 83.6 Å². The maximum absolute atomic E-state index is 12.3. The molecule has 1 unspecified atom stereocenters. The Hall–Kier alpha value is -2.61. The van der Waals surface area contributed by atoms with E-state index in [1.54, 1.807) is 26.1 Å². The Bertz CT molecular complexity index is 756. The zero-order chi connectivity index (χ0) is 18.6. The molecule has 1 atom stereocenters. The van der Waals surface area contributed by atoms with Gasteiger partial charge >= 0.3 is 5.97 Å². The van der Waals surface area contributed by atoms with Crippen LogP contribution in [-0.2, 0) is 9.53 Å². The van der Waals surface area contributed by atoms with Gasteiger partial charge in [-0.15, -0.1) is 0 Å². The molecule has 2 N–H and O–H groups in total. The summed E-state index contributed by atoms with van der Waals surface area (Å²) in [6, 6.07) is 7.39. The third-order valence-electron chi connectivity index (χ3n) is 3.60. The number of nitrogens with one attached hydrogen (secondary N) is 2. The molecule has 0 spiro atoms. The molecule has 0 saturated carbocycles. The number of benzene rings is 1. The molecule has 0 aliphatic carbocycles. The summed E-state index contributed by atoms with van der Waals surface area (Å²) in [6.07, 6.45) is -0.926. The number of carbonyl (C=O) groups is 2. The fourth-order valence-corrected chi connectivity index (χ4v) is 2.87. The quantitative estimate of drug-likeness (QED) is 0.769. The van der Waals surface area contributed by atoms with Gasteiger partial charge in [-0.2, -0.15) is 4.37 Å². The van der Waals surface area contributed by atoms with Gasteiger partial charge in [0.2, 0.25) is 0 Å². The van der Waals surface area contributed by atoms with E-state index in [1.807, 2.05) is 31.1 Å². The number of anilines is 3. The third kappa shape index (κ3) is 4.48. The van der Waals surface area contributed by atoms with Gasteiger partial charge < -0.3 is 20.3 Å². The maximum atomic E-state index is 12.3. The van der Waals surface area contributed by atoms with Crippen molar-refractivity contribution in [3.05, 3.63) is 35.5 Å². The molecule has 0 aliphatic heterocycles. The first kappa shape index (κ1) is 18.7. The Morgan fingerprint density at radius 2 is 1.88 bits per heavy atom. The summed E-state index contributed by atoms with van der Waals surface area (Å²) in [6.45, 7) is 3.26. The highest BCUT2D eigenvalue weighted by Crippen LogP contribution is 2.25. The molecule has 2 rings (SSSR count). The van der Waals surface area contributed by atoms with Crippen LogP contribution in [0.25, 0.3) is 0 Å². The van der Waals surface area contributed by atoms with Crippen LogP contribution in [-0.4, -0.2) is 43.5 Å². The lowest BCUT2D eigenvalue weighted by atomic mass is 10.2. The number of esters is 1. The minimum absolute atomic E-state index is 0.363. The maximum Gasteiger partial charge on any atom is 0.343 e. The van der Waals surface area contributed by atoms with Crippen molar-refractivity contribution in [2.75, 3.05) is 36.7 Å². The van der Waals surface area contributed by atoms with Crippen LogP contribution in [0.2, 0.25) is 0 Å². The summed E-state index contributed by atoms with van der Waals surface area (Å²) in [4.78, 5) is 26.5. The monoisotopic (exact) mass is 362 g/mol. The van der Waals surface area contributed by atoms with Crippen molar-refractivity contribution in [3.63, 3.8) is 0 Å². The molecule has 1 amide bonds. The van der Waals surface area contributed by atoms with E-state index in [2.05, 4.69) is 15.0 Å². The minimum atomic E-state index is -0.926. The molecule has 2 aromatic rings. The van der Waals surface area contributed by atoms with E-state index in [-0.39, 0.29) is 0 Å². The van der Waals surface area contributed by atoms with Crippen LogP contribution in [0.3, 0.4) is 0 Å². The minimum Gasteiger partial charge on any atom is -0.449 e. The number of carbonyl (C=O) groups excluding carboxylic acids is 2. The molecule has 1 aromatic carbocycles. The van der Waals surface area contributed by atoms with Gasteiger partial charge in [-0.3, -0.25) is 4.79 Å². The summed E-state index contributed by atoms with van der Waals surface area (Å²) < 4.78 is 9.41. The van der Waals surface area contributed by atoms with Crippen molar-refractivity contribution in [1.29, 1.82) is 0 Å². The fraction of sp³-hybridized carbons (Fsp3) is 0.353. The summed E-state index contributed by atoms with van der Waals surface area (Å²) in [5.41, 5.74) is 2.61. The molecule has 134 valence electrons. The van der Waals surface area contributed by atoms with Crippen LogP contribution in [0.4, 0.5) is 16.4 Å². The molecule has 0 bridgehead atoms. The van der Waals surface area contributed by atoms with Gasteiger partial charge in [-0.1, -0.05) is 0 Å².